The van der Waals surface area contributed by atoms with Crippen molar-refractivity contribution in [1.29, 1.82) is 5.41 Å². The van der Waals surface area contributed by atoms with Crippen LogP contribution in [0.5, 0.6) is 5.75 Å². The molecule has 0 radical (unpaired) electrons. The van der Waals surface area contributed by atoms with Crippen molar-refractivity contribution in [2.75, 3.05) is 0 Å². The summed E-state index contributed by atoms with van der Waals surface area (Å²) in [6.07, 6.45) is 9.76. The van der Waals surface area contributed by atoms with Crippen molar-refractivity contribution >= 4 is 11.5 Å². The lowest BCUT2D eigenvalue weighted by molar-refractivity contribution is 0.547. The second-order valence-corrected chi connectivity index (χ2v) is 5.17. The zero-order valence-corrected chi connectivity index (χ0v) is 13.8. The molecule has 23 heavy (non-hydrogen) atoms. The maximum Gasteiger partial charge on any atom is 0.213 e. The van der Waals surface area contributed by atoms with Crippen LogP contribution in [0, 0.1) is 5.41 Å². The predicted molar refractivity (Wildman–Crippen MR) is 98.2 cm³/mol. The van der Waals surface area contributed by atoms with E-state index < -0.39 is 0 Å². The molecule has 1 aromatic carbocycles. The molecule has 1 rings (SSSR count). The average Bonchev–Trinajstić information content (AvgIpc) is 2.51. The van der Waals surface area contributed by atoms with Gasteiger partial charge in [0.25, 0.3) is 0 Å². The molecule has 4 heteroatoms. The topological polar surface area (TPSA) is 85.1 Å². The smallest absolute Gasteiger partial charge is 0.213 e. The van der Waals surface area contributed by atoms with Crippen LogP contribution in [0.15, 0.2) is 61.0 Å². The first-order chi connectivity index (χ1) is 11.0. The second-order valence-electron chi connectivity index (χ2n) is 5.17. The Hall–Kier alpha value is -2.75. The van der Waals surface area contributed by atoms with Crippen LogP contribution in [0.4, 0.5) is 0 Å². The highest BCUT2D eigenvalue weighted by Gasteiger charge is 2.08. The third-order valence-electron chi connectivity index (χ3n) is 3.16. The van der Waals surface area contributed by atoms with Crippen LogP contribution in [0.25, 0.3) is 5.57 Å². The minimum Gasteiger partial charge on any atom is -0.439 e. The number of aryl methyl sites for hydroxylation is 1. The van der Waals surface area contributed by atoms with Gasteiger partial charge in [-0.25, -0.2) is 0 Å². The Morgan fingerprint density at radius 1 is 1.35 bits per heavy atom. The zero-order valence-electron chi connectivity index (χ0n) is 13.8. The molecule has 0 aromatic heterocycles. The molecule has 0 unspecified atom stereocenters. The number of benzene rings is 1. The van der Waals surface area contributed by atoms with E-state index in [9.17, 15) is 0 Å². The first-order valence-electron chi connectivity index (χ1n) is 7.52. The number of hydrogen-bond acceptors (Lipinski definition) is 4. The van der Waals surface area contributed by atoms with E-state index in [0.29, 0.717) is 17.9 Å². The molecule has 4 nitrogen and oxygen atoms in total. The Kier molecular flexibility index (Phi) is 7.40. The van der Waals surface area contributed by atoms with Crippen LogP contribution in [0.2, 0.25) is 0 Å². The van der Waals surface area contributed by atoms with Crippen molar-refractivity contribution in [3.05, 3.63) is 72.1 Å². The third-order valence-corrected chi connectivity index (χ3v) is 3.16. The second kappa shape index (κ2) is 9.30. The summed E-state index contributed by atoms with van der Waals surface area (Å²) in [6.45, 7) is 7.94. The van der Waals surface area contributed by atoms with Crippen molar-refractivity contribution in [2.45, 2.75) is 26.7 Å². The van der Waals surface area contributed by atoms with Crippen molar-refractivity contribution in [3.8, 4) is 5.75 Å². The first-order valence-corrected chi connectivity index (χ1v) is 7.52. The number of nitrogens with two attached hydrogens (primary N) is 2. The summed E-state index contributed by atoms with van der Waals surface area (Å²) in [5.74, 6) is 0.633. The summed E-state index contributed by atoms with van der Waals surface area (Å²) in [7, 11) is 0. The highest BCUT2D eigenvalue weighted by atomic mass is 16.5. The number of nitrogens with one attached hydrogen (secondary N) is 1. The molecule has 0 aliphatic carbocycles. The van der Waals surface area contributed by atoms with Crippen LogP contribution < -0.4 is 16.2 Å². The lowest BCUT2D eigenvalue weighted by Gasteiger charge is -2.12. The SMILES string of the molecule is C=C(C)c1ccc(CC)cc1OC(=N)C=C(N)C/C=C\C=C/N. The van der Waals surface area contributed by atoms with Crippen molar-refractivity contribution in [3.63, 3.8) is 0 Å². The van der Waals surface area contributed by atoms with Gasteiger partial charge in [0, 0.05) is 23.8 Å². The molecule has 122 valence electrons. The minimum absolute atomic E-state index is 0.000944. The standard InChI is InChI=1S/C19H25N3O/c1-4-15-9-10-17(14(2)3)18(12-15)23-19(22)13-16(21)8-6-5-7-11-20/h5-7,9-13,22H,2,4,8,20-21H2,1,3H3/b6-5-,11-7-,16-13?,22-19?. The molecule has 0 saturated carbocycles. The van der Waals surface area contributed by atoms with Crippen LogP contribution in [-0.2, 0) is 6.42 Å². The van der Waals surface area contributed by atoms with E-state index in [-0.39, 0.29) is 5.90 Å². The Labute approximate surface area is 138 Å². The van der Waals surface area contributed by atoms with Gasteiger partial charge in [-0.3, -0.25) is 5.41 Å². The molecular weight excluding hydrogens is 286 g/mol. The Bertz CT molecular complexity index is 655. The zero-order chi connectivity index (χ0) is 17.2. The molecule has 0 bridgehead atoms. The van der Waals surface area contributed by atoms with Crippen molar-refractivity contribution < 1.29 is 4.74 Å². The van der Waals surface area contributed by atoms with Gasteiger partial charge in [0.05, 0.1) is 0 Å². The van der Waals surface area contributed by atoms with E-state index in [0.717, 1.165) is 23.1 Å². The van der Waals surface area contributed by atoms with Crippen LogP contribution in [0.1, 0.15) is 31.4 Å². The molecule has 5 N–H and O–H groups in total. The van der Waals surface area contributed by atoms with Gasteiger partial charge in [-0.15, -0.1) is 0 Å². The molecular formula is C19H25N3O. The Morgan fingerprint density at radius 2 is 2.09 bits per heavy atom. The third kappa shape index (κ3) is 6.26. The molecule has 0 amide bonds. The predicted octanol–water partition coefficient (Wildman–Crippen LogP) is 3.90. The lowest BCUT2D eigenvalue weighted by atomic mass is 10.0. The molecule has 0 saturated heterocycles. The Balaban J connectivity index is 2.85. The maximum atomic E-state index is 7.97. The van der Waals surface area contributed by atoms with Gasteiger partial charge in [0.1, 0.15) is 5.75 Å². The average molecular weight is 311 g/mol. The van der Waals surface area contributed by atoms with E-state index in [1.54, 1.807) is 12.2 Å². The lowest BCUT2D eigenvalue weighted by Crippen LogP contribution is -2.09. The van der Waals surface area contributed by atoms with Crippen LogP contribution >= 0.6 is 0 Å². The van der Waals surface area contributed by atoms with Gasteiger partial charge < -0.3 is 16.2 Å². The van der Waals surface area contributed by atoms with Gasteiger partial charge in [-0.1, -0.05) is 37.8 Å². The fraction of sp³-hybridized carbons (Fsp3) is 0.211. The van der Waals surface area contributed by atoms with Gasteiger partial charge >= 0.3 is 0 Å². The summed E-state index contributed by atoms with van der Waals surface area (Å²) in [4.78, 5) is 0. The summed E-state index contributed by atoms with van der Waals surface area (Å²) in [5.41, 5.74) is 14.6. The van der Waals surface area contributed by atoms with Gasteiger partial charge in [-0.2, -0.15) is 0 Å². The summed E-state index contributed by atoms with van der Waals surface area (Å²) >= 11 is 0. The fourth-order valence-corrected chi connectivity index (χ4v) is 1.95. The molecule has 0 atom stereocenters. The summed E-state index contributed by atoms with van der Waals surface area (Å²) in [6, 6.07) is 5.95. The van der Waals surface area contributed by atoms with Crippen molar-refractivity contribution in [1.82, 2.24) is 0 Å². The normalized spacial score (nSPS) is 12.0. The molecule has 0 aliphatic rings. The summed E-state index contributed by atoms with van der Waals surface area (Å²) < 4.78 is 5.66. The van der Waals surface area contributed by atoms with Gasteiger partial charge in [0.2, 0.25) is 5.90 Å². The monoisotopic (exact) mass is 311 g/mol. The molecule has 0 fully saturated rings. The van der Waals surface area contributed by atoms with E-state index in [2.05, 4.69) is 13.5 Å². The Morgan fingerprint density at radius 3 is 2.70 bits per heavy atom. The van der Waals surface area contributed by atoms with E-state index in [1.807, 2.05) is 31.2 Å². The van der Waals surface area contributed by atoms with Crippen molar-refractivity contribution in [2.24, 2.45) is 11.5 Å². The highest BCUT2D eigenvalue weighted by molar-refractivity contribution is 5.88. The number of allylic oxidation sites excluding steroid dienone is 4. The largest absolute Gasteiger partial charge is 0.439 e. The van der Waals surface area contributed by atoms with Gasteiger partial charge in [-0.05, 0) is 42.8 Å². The molecule has 1 aromatic rings. The number of ether oxygens (including phenoxy) is 1. The minimum atomic E-state index is 0.000944. The number of rotatable bonds is 7. The summed E-state index contributed by atoms with van der Waals surface area (Å²) in [5, 5.41) is 7.97. The van der Waals surface area contributed by atoms with Crippen LogP contribution in [0.3, 0.4) is 0 Å². The molecule has 0 heterocycles. The van der Waals surface area contributed by atoms with E-state index >= 15 is 0 Å². The van der Waals surface area contributed by atoms with Crippen LogP contribution in [-0.4, -0.2) is 5.90 Å². The van der Waals surface area contributed by atoms with E-state index in [1.165, 1.54) is 12.3 Å². The highest BCUT2D eigenvalue weighted by Crippen LogP contribution is 2.27. The maximum absolute atomic E-state index is 7.97. The molecule has 0 aliphatic heterocycles. The van der Waals surface area contributed by atoms with E-state index in [4.69, 9.17) is 21.6 Å². The quantitative estimate of drug-likeness (QED) is 0.405. The molecule has 0 spiro atoms. The fourth-order valence-electron chi connectivity index (χ4n) is 1.95. The van der Waals surface area contributed by atoms with Gasteiger partial charge in [0.15, 0.2) is 0 Å². The number of hydrogen-bond donors (Lipinski definition) is 3. The first kappa shape index (κ1) is 18.3.